The van der Waals surface area contributed by atoms with Crippen molar-refractivity contribution in [3.8, 4) is 0 Å². The van der Waals surface area contributed by atoms with Crippen LogP contribution in [0.1, 0.15) is 101 Å². The van der Waals surface area contributed by atoms with Crippen molar-refractivity contribution in [2.75, 3.05) is 0 Å². The Hall–Kier alpha value is 1.47. The van der Waals surface area contributed by atoms with Crippen molar-refractivity contribution in [1.82, 2.24) is 0 Å². The van der Waals surface area contributed by atoms with Crippen molar-refractivity contribution in [3.05, 3.63) is 0 Å². The molecule has 1 nitrogen and oxygen atoms in total. The fraction of sp³-hybridized carbons (Fsp3) is 1.00. The third kappa shape index (κ3) is 7.24. The molecule has 0 N–H and O–H groups in total. The summed E-state index contributed by atoms with van der Waals surface area (Å²) in [7, 11) is 0. The van der Waals surface area contributed by atoms with Gasteiger partial charge in [-0.2, -0.15) is 0 Å². The fourth-order valence-electron chi connectivity index (χ4n) is 4.75. The van der Waals surface area contributed by atoms with Crippen molar-refractivity contribution in [2.24, 2.45) is 0 Å². The van der Waals surface area contributed by atoms with Gasteiger partial charge in [-0.15, -0.1) is 0 Å². The summed E-state index contributed by atoms with van der Waals surface area (Å²) in [5.74, 6) is 0. The van der Waals surface area contributed by atoms with Crippen molar-refractivity contribution < 1.29 is 18.6 Å². The average Bonchev–Trinajstić information content (AvgIpc) is 2.52. The molecule has 0 rings (SSSR count). The Morgan fingerprint density at radius 3 is 1.12 bits per heavy atom. The Kier molecular flexibility index (Phi) is 13.6. The first-order valence-corrected chi connectivity index (χ1v) is 21.5. The van der Waals surface area contributed by atoms with E-state index in [2.05, 4.69) is 62.3 Å². The molecule has 0 saturated carbocycles. The summed E-state index contributed by atoms with van der Waals surface area (Å²) >= 11 is -4.85. The van der Waals surface area contributed by atoms with E-state index in [-0.39, 0.29) is 0 Å². The van der Waals surface area contributed by atoms with Crippen LogP contribution in [0.5, 0.6) is 0 Å². The van der Waals surface area contributed by atoms with Gasteiger partial charge in [0.2, 0.25) is 0 Å². The summed E-state index contributed by atoms with van der Waals surface area (Å²) in [6.07, 6.45) is 8.25. The van der Waals surface area contributed by atoms with E-state index in [1.54, 1.807) is 0 Å². The van der Waals surface area contributed by atoms with Crippen molar-refractivity contribution in [2.45, 2.75) is 127 Å². The molecule has 0 amide bonds. The Bertz CT molecular complexity index is 271. The second kappa shape index (κ2) is 12.8. The van der Waals surface area contributed by atoms with Crippen LogP contribution < -0.4 is 0 Å². The van der Waals surface area contributed by atoms with Crippen LogP contribution in [0.15, 0.2) is 0 Å². The second-order valence-electron chi connectivity index (χ2n) is 8.91. The first-order chi connectivity index (χ1) is 11.2. The molecule has 0 aliphatic rings. The summed E-state index contributed by atoms with van der Waals surface area (Å²) < 4.78 is 14.5. The van der Waals surface area contributed by atoms with Crippen LogP contribution in [0.4, 0.5) is 0 Å². The van der Waals surface area contributed by atoms with Gasteiger partial charge in [-0.3, -0.25) is 0 Å². The van der Waals surface area contributed by atoms with Gasteiger partial charge in [0, 0.05) is 0 Å². The van der Waals surface area contributed by atoms with Crippen LogP contribution in [0.3, 0.4) is 0 Å². The zero-order valence-corrected chi connectivity index (χ0v) is 22.9. The first-order valence-electron chi connectivity index (χ1n) is 10.9. The Morgan fingerprint density at radius 2 is 0.917 bits per heavy atom. The standard InChI is InChI=1S/3C4H9.3C3H7.O.Sn.Ti/c3*1-3-4-2;3*1-3-2;;;/h3*1,3-4H2,2H3;3*3H,1-2H3;;;. The number of unbranched alkanes of at least 4 members (excludes halogenated alkanes) is 3. The summed E-state index contributed by atoms with van der Waals surface area (Å²) in [5.41, 5.74) is 0. The van der Waals surface area contributed by atoms with Crippen LogP contribution in [-0.2, 0) is 18.6 Å². The zero-order valence-electron chi connectivity index (χ0n) is 18.5. The Labute approximate surface area is 163 Å². The molecule has 24 heavy (non-hydrogen) atoms. The second-order valence-corrected chi connectivity index (χ2v) is 30.7. The predicted octanol–water partition coefficient (Wildman–Crippen LogP) is 8.90. The van der Waals surface area contributed by atoms with Gasteiger partial charge in [-0.25, -0.2) is 0 Å². The van der Waals surface area contributed by atoms with E-state index in [9.17, 15) is 0 Å². The van der Waals surface area contributed by atoms with Gasteiger partial charge in [-0.1, -0.05) is 0 Å². The molecule has 0 unspecified atom stereocenters. The molecule has 0 aliphatic carbocycles. The molecule has 3 heteroatoms. The molecule has 0 bridgehead atoms. The van der Waals surface area contributed by atoms with Crippen LogP contribution in [0.25, 0.3) is 0 Å². The topological polar surface area (TPSA) is 9.23 Å². The van der Waals surface area contributed by atoms with Crippen molar-refractivity contribution >= 4 is 18.8 Å². The number of rotatable bonds is 14. The summed E-state index contributed by atoms with van der Waals surface area (Å²) in [5, 5.41) is 0. The fourth-order valence-corrected chi connectivity index (χ4v) is 45.2. The van der Waals surface area contributed by atoms with E-state index < -0.39 is 35.8 Å². The minimum absolute atomic E-state index is 0.783. The van der Waals surface area contributed by atoms with E-state index in [1.807, 2.05) is 0 Å². The molecule has 0 aromatic carbocycles. The minimum atomic E-state index is -2.50. The summed E-state index contributed by atoms with van der Waals surface area (Å²) in [6.45, 7) is 22.0. The third-order valence-electron chi connectivity index (χ3n) is 6.06. The first kappa shape index (κ1) is 25.5. The molecule has 0 fully saturated rings. The summed E-state index contributed by atoms with van der Waals surface area (Å²) in [6, 6.07) is 0. The normalized spacial score (nSPS) is 13.5. The van der Waals surface area contributed by atoms with Crippen LogP contribution in [0, 0.1) is 0 Å². The average molecular weight is 483 g/mol. The van der Waals surface area contributed by atoms with Gasteiger partial charge in [0.15, 0.2) is 0 Å². The molecule has 146 valence electrons. The number of hydrogen-bond acceptors (Lipinski definition) is 1. The van der Waals surface area contributed by atoms with Crippen LogP contribution in [-0.4, -0.2) is 18.8 Å². The number of hydrogen-bond donors (Lipinski definition) is 0. The van der Waals surface area contributed by atoms with E-state index in [1.165, 1.54) is 51.8 Å². The monoisotopic (exact) mass is 484 g/mol. The molecule has 0 radical (unpaired) electrons. The van der Waals surface area contributed by atoms with Crippen LogP contribution >= 0.6 is 0 Å². The third-order valence-corrected chi connectivity index (χ3v) is 35.8. The molecule has 0 saturated heterocycles. The van der Waals surface area contributed by atoms with Crippen LogP contribution in [0.2, 0.25) is 26.0 Å². The SMILES string of the molecule is CCC[CH2][Sn]([CH2]CCC)([CH2]CCC)[O][Ti]([CH](C)C)([CH](C)C)[CH](C)C. The molecule has 0 aliphatic heterocycles. The summed E-state index contributed by atoms with van der Waals surface area (Å²) in [4.78, 5) is 0. The van der Waals surface area contributed by atoms with E-state index in [4.69, 9.17) is 1.66 Å². The van der Waals surface area contributed by atoms with E-state index in [0.717, 1.165) is 12.7 Å². The van der Waals surface area contributed by atoms with Crippen molar-refractivity contribution in [1.29, 1.82) is 0 Å². The van der Waals surface area contributed by atoms with Gasteiger partial charge < -0.3 is 0 Å². The van der Waals surface area contributed by atoms with Crippen molar-refractivity contribution in [3.63, 3.8) is 0 Å². The molecule has 0 spiro atoms. The molecule has 0 heterocycles. The Morgan fingerprint density at radius 1 is 0.625 bits per heavy atom. The zero-order chi connectivity index (χ0) is 18.8. The Balaban J connectivity index is 5.76. The van der Waals surface area contributed by atoms with Gasteiger partial charge in [0.05, 0.1) is 0 Å². The van der Waals surface area contributed by atoms with Gasteiger partial charge >= 0.3 is 164 Å². The molecule has 0 atom stereocenters. The van der Waals surface area contributed by atoms with Gasteiger partial charge in [-0.05, 0) is 0 Å². The maximum absolute atomic E-state index is 7.71. The van der Waals surface area contributed by atoms with E-state index in [0.29, 0.717) is 0 Å². The quantitative estimate of drug-likeness (QED) is 0.224. The van der Waals surface area contributed by atoms with E-state index >= 15 is 0 Å². The van der Waals surface area contributed by atoms with Gasteiger partial charge in [0.1, 0.15) is 0 Å². The predicted molar refractivity (Wildman–Crippen MR) is 111 cm³/mol. The maximum atomic E-state index is 7.71. The molecular formula is C21H48OSnTi. The molecule has 0 aromatic heterocycles. The van der Waals surface area contributed by atoms with Gasteiger partial charge in [0.25, 0.3) is 0 Å². The molecule has 0 aromatic rings. The molecular weight excluding hydrogens is 435 g/mol.